The molecule has 0 aromatic carbocycles. The molecule has 2 rings (SSSR count). The normalized spacial score (nSPS) is 16.8. The summed E-state index contributed by atoms with van der Waals surface area (Å²) in [5, 5.41) is 3.11. The number of rotatable bonds is 5. The fourth-order valence-electron chi connectivity index (χ4n) is 2.42. The van der Waals surface area contributed by atoms with Gasteiger partial charge in [-0.2, -0.15) is 0 Å². The van der Waals surface area contributed by atoms with Crippen molar-refractivity contribution in [3.8, 4) is 0 Å². The number of hydrogen-bond donors (Lipinski definition) is 0. The summed E-state index contributed by atoms with van der Waals surface area (Å²) in [5.74, 6) is 0.251. The highest BCUT2D eigenvalue weighted by atomic mass is 32.1. The van der Waals surface area contributed by atoms with Crippen LogP contribution in [0.5, 0.6) is 0 Å². The Morgan fingerprint density at radius 2 is 2.26 bits per heavy atom. The molecule has 0 aliphatic carbocycles. The summed E-state index contributed by atoms with van der Waals surface area (Å²) in [6, 6.07) is 0. The lowest BCUT2D eigenvalue weighted by molar-refractivity contribution is -0.133. The average molecular weight is 282 g/mol. The second-order valence-electron chi connectivity index (χ2n) is 4.89. The van der Waals surface area contributed by atoms with Crippen LogP contribution in [0.3, 0.4) is 0 Å². The minimum absolute atomic E-state index is 0.251. The van der Waals surface area contributed by atoms with Gasteiger partial charge in [0.15, 0.2) is 0 Å². The number of amides is 1. The highest BCUT2D eigenvalue weighted by molar-refractivity contribution is 7.09. The number of ether oxygens (including phenoxy) is 1. The molecule has 4 nitrogen and oxygen atoms in total. The number of likely N-dealkylation sites (tertiary alicyclic amines) is 1. The van der Waals surface area contributed by atoms with Gasteiger partial charge in [0.1, 0.15) is 0 Å². The van der Waals surface area contributed by atoms with Gasteiger partial charge in [0.05, 0.1) is 16.8 Å². The maximum atomic E-state index is 12.1. The summed E-state index contributed by atoms with van der Waals surface area (Å²) in [4.78, 5) is 18.5. The number of hydrogen-bond acceptors (Lipinski definition) is 4. The van der Waals surface area contributed by atoms with Gasteiger partial charge in [0.25, 0.3) is 0 Å². The Hall–Kier alpha value is -0.940. The lowest BCUT2D eigenvalue weighted by atomic mass is 10.1. The molecule has 0 spiro atoms. The zero-order chi connectivity index (χ0) is 13.7. The molecule has 1 aromatic heterocycles. The van der Waals surface area contributed by atoms with Crippen LogP contribution in [-0.4, -0.2) is 41.6 Å². The van der Waals surface area contributed by atoms with Gasteiger partial charge in [0, 0.05) is 31.5 Å². The van der Waals surface area contributed by atoms with E-state index in [-0.39, 0.29) is 5.91 Å². The monoisotopic (exact) mass is 282 g/mol. The molecule has 19 heavy (non-hydrogen) atoms. The quantitative estimate of drug-likeness (QED) is 0.833. The number of nitrogens with zero attached hydrogens (tertiary/aromatic N) is 2. The molecule has 0 radical (unpaired) electrons. The summed E-state index contributed by atoms with van der Waals surface area (Å²) in [6.45, 7) is 6.45. The van der Waals surface area contributed by atoms with E-state index < -0.39 is 0 Å². The number of thiazole rings is 1. The Morgan fingerprint density at radius 3 is 2.84 bits per heavy atom. The van der Waals surface area contributed by atoms with Gasteiger partial charge >= 0.3 is 0 Å². The van der Waals surface area contributed by atoms with E-state index >= 15 is 0 Å². The Morgan fingerprint density at radius 1 is 1.53 bits per heavy atom. The number of piperidine rings is 1. The van der Waals surface area contributed by atoms with E-state index in [4.69, 9.17) is 4.74 Å². The zero-order valence-corrected chi connectivity index (χ0v) is 12.5. The third kappa shape index (κ3) is 4.28. The minimum atomic E-state index is 0.251. The van der Waals surface area contributed by atoms with Crippen molar-refractivity contribution in [2.24, 2.45) is 0 Å². The minimum Gasteiger partial charge on any atom is -0.378 e. The molecule has 106 valence electrons. The van der Waals surface area contributed by atoms with Crippen LogP contribution in [0.15, 0.2) is 5.38 Å². The lowest BCUT2D eigenvalue weighted by Crippen LogP contribution is -2.41. The molecule has 0 unspecified atom stereocenters. The number of aryl methyl sites for hydroxylation is 2. The number of aromatic nitrogens is 1. The SMILES string of the molecule is CCOC1CCN(C(=O)CCc2csc(C)n2)CC1. The van der Waals surface area contributed by atoms with Crippen LogP contribution < -0.4 is 0 Å². The topological polar surface area (TPSA) is 42.4 Å². The van der Waals surface area contributed by atoms with Crippen LogP contribution in [0.2, 0.25) is 0 Å². The largest absolute Gasteiger partial charge is 0.378 e. The Balaban J connectivity index is 1.72. The van der Waals surface area contributed by atoms with Crippen molar-refractivity contribution in [3.05, 3.63) is 16.1 Å². The summed E-state index contributed by atoms with van der Waals surface area (Å²) >= 11 is 1.64. The van der Waals surface area contributed by atoms with Crippen LogP contribution in [-0.2, 0) is 16.0 Å². The van der Waals surface area contributed by atoms with Crippen LogP contribution in [0.4, 0.5) is 0 Å². The standard InChI is InChI=1S/C14H22N2O2S/c1-3-18-13-6-8-16(9-7-13)14(17)5-4-12-10-19-11(2)15-12/h10,13H,3-9H2,1-2H3. The molecule has 0 atom stereocenters. The average Bonchev–Trinajstić information content (AvgIpc) is 2.83. The zero-order valence-electron chi connectivity index (χ0n) is 11.7. The van der Waals surface area contributed by atoms with Crippen LogP contribution >= 0.6 is 11.3 Å². The summed E-state index contributed by atoms with van der Waals surface area (Å²) in [6.07, 6.45) is 3.61. The molecule has 0 N–H and O–H groups in total. The molecule has 2 heterocycles. The maximum Gasteiger partial charge on any atom is 0.222 e. The molecular weight excluding hydrogens is 260 g/mol. The summed E-state index contributed by atoms with van der Waals surface area (Å²) < 4.78 is 5.60. The van der Waals surface area contributed by atoms with Crippen molar-refractivity contribution >= 4 is 17.2 Å². The van der Waals surface area contributed by atoms with Crippen molar-refractivity contribution in [2.75, 3.05) is 19.7 Å². The van der Waals surface area contributed by atoms with Crippen LogP contribution in [0.25, 0.3) is 0 Å². The first-order valence-electron chi connectivity index (χ1n) is 6.99. The second kappa shape index (κ2) is 7.01. The smallest absolute Gasteiger partial charge is 0.222 e. The van der Waals surface area contributed by atoms with Crippen LogP contribution in [0.1, 0.15) is 36.9 Å². The molecule has 1 amide bonds. The Kier molecular flexibility index (Phi) is 5.34. The van der Waals surface area contributed by atoms with Gasteiger partial charge in [0.2, 0.25) is 5.91 Å². The third-order valence-electron chi connectivity index (χ3n) is 3.46. The molecule has 1 fully saturated rings. The van der Waals surface area contributed by atoms with Gasteiger partial charge in [-0.25, -0.2) is 4.98 Å². The van der Waals surface area contributed by atoms with Crippen LogP contribution in [0, 0.1) is 6.92 Å². The van der Waals surface area contributed by atoms with E-state index in [1.807, 2.05) is 24.1 Å². The second-order valence-corrected chi connectivity index (χ2v) is 5.96. The fourth-order valence-corrected chi connectivity index (χ4v) is 3.07. The molecule has 1 aliphatic rings. The van der Waals surface area contributed by atoms with E-state index in [2.05, 4.69) is 4.98 Å². The summed E-state index contributed by atoms with van der Waals surface area (Å²) in [7, 11) is 0. The maximum absolute atomic E-state index is 12.1. The van der Waals surface area contributed by atoms with Gasteiger partial charge < -0.3 is 9.64 Å². The fraction of sp³-hybridized carbons (Fsp3) is 0.714. The molecule has 1 aromatic rings. The van der Waals surface area contributed by atoms with E-state index in [1.165, 1.54) is 0 Å². The van der Waals surface area contributed by atoms with Gasteiger partial charge in [-0.1, -0.05) is 0 Å². The van der Waals surface area contributed by atoms with Crippen molar-refractivity contribution in [2.45, 2.75) is 45.6 Å². The number of carbonyl (C=O) groups is 1. The molecule has 1 aliphatic heterocycles. The van der Waals surface area contributed by atoms with Crippen molar-refractivity contribution in [3.63, 3.8) is 0 Å². The predicted octanol–water partition coefficient (Wildman–Crippen LogP) is 2.41. The molecule has 5 heteroatoms. The third-order valence-corrected chi connectivity index (χ3v) is 4.28. The summed E-state index contributed by atoms with van der Waals surface area (Å²) in [5.41, 5.74) is 1.04. The van der Waals surface area contributed by atoms with E-state index in [1.54, 1.807) is 11.3 Å². The predicted molar refractivity (Wildman–Crippen MR) is 76.4 cm³/mol. The number of carbonyl (C=O) groups excluding carboxylic acids is 1. The van der Waals surface area contributed by atoms with Crippen molar-refractivity contribution in [1.29, 1.82) is 0 Å². The Labute approximate surface area is 118 Å². The van der Waals surface area contributed by atoms with E-state index in [0.717, 1.165) is 49.7 Å². The highest BCUT2D eigenvalue weighted by Gasteiger charge is 2.22. The van der Waals surface area contributed by atoms with Gasteiger partial charge in [-0.05, 0) is 33.1 Å². The van der Waals surface area contributed by atoms with E-state index in [9.17, 15) is 4.79 Å². The molecule has 1 saturated heterocycles. The van der Waals surface area contributed by atoms with Crippen molar-refractivity contribution in [1.82, 2.24) is 9.88 Å². The highest BCUT2D eigenvalue weighted by Crippen LogP contribution is 2.16. The first-order chi connectivity index (χ1) is 9.19. The Bertz CT molecular complexity index is 411. The van der Waals surface area contributed by atoms with Crippen molar-refractivity contribution < 1.29 is 9.53 Å². The first-order valence-corrected chi connectivity index (χ1v) is 7.87. The van der Waals surface area contributed by atoms with E-state index in [0.29, 0.717) is 12.5 Å². The molecular formula is C14H22N2O2S. The molecule has 0 bridgehead atoms. The van der Waals surface area contributed by atoms with Gasteiger partial charge in [-0.3, -0.25) is 4.79 Å². The van der Waals surface area contributed by atoms with Gasteiger partial charge in [-0.15, -0.1) is 11.3 Å². The molecule has 0 saturated carbocycles. The first kappa shape index (κ1) is 14.5. The lowest BCUT2D eigenvalue weighted by Gasteiger charge is -2.31.